The number of pyridine rings is 1. The number of rotatable bonds is 3. The molecule has 0 atom stereocenters. The third-order valence-electron chi connectivity index (χ3n) is 4.94. The molecule has 5 heteroatoms. The van der Waals surface area contributed by atoms with Crippen LogP contribution in [0, 0.1) is 5.92 Å². The molecule has 5 nitrogen and oxygen atoms in total. The zero-order valence-electron chi connectivity index (χ0n) is 14.1. The van der Waals surface area contributed by atoms with Crippen molar-refractivity contribution in [2.24, 2.45) is 5.92 Å². The van der Waals surface area contributed by atoms with Crippen LogP contribution in [0.3, 0.4) is 0 Å². The summed E-state index contributed by atoms with van der Waals surface area (Å²) < 4.78 is 5.27. The molecule has 2 aromatic rings. The average molecular weight is 325 g/mol. The summed E-state index contributed by atoms with van der Waals surface area (Å²) in [5, 5.41) is 1.08. The van der Waals surface area contributed by atoms with E-state index in [0.717, 1.165) is 67.9 Å². The first-order chi connectivity index (χ1) is 11.7. The third kappa shape index (κ3) is 3.03. The Morgan fingerprint density at radius 2 is 2.00 bits per heavy atom. The van der Waals surface area contributed by atoms with Gasteiger partial charge in [-0.25, -0.2) is 4.98 Å². The lowest BCUT2D eigenvalue weighted by Crippen LogP contribution is -2.36. The number of ether oxygens (including phenoxy) is 1. The topological polar surface area (TPSA) is 45.7 Å². The highest BCUT2D eigenvalue weighted by Crippen LogP contribution is 2.31. The fraction of sp³-hybridized carbons (Fsp3) is 0.474. The number of hydrogen-bond donors (Lipinski definition) is 0. The number of carbonyl (C=O) groups is 1. The molecule has 1 aromatic carbocycles. The predicted molar refractivity (Wildman–Crippen MR) is 94.4 cm³/mol. The Bertz CT molecular complexity index is 757. The molecule has 1 aliphatic heterocycles. The standard InChI is InChI=1S/C19H23N3O2/c1-24-16-6-7-17-15(13-16)5-8-18(20-17)21-9-2-10-22(12-11-21)19(23)14-3-4-14/h5-8,13-14H,2-4,9-12H2,1H3. The van der Waals surface area contributed by atoms with Gasteiger partial charge >= 0.3 is 0 Å². The highest BCUT2D eigenvalue weighted by molar-refractivity contribution is 5.82. The Morgan fingerprint density at radius 1 is 1.12 bits per heavy atom. The van der Waals surface area contributed by atoms with Crippen LogP contribution in [0.5, 0.6) is 5.75 Å². The van der Waals surface area contributed by atoms with Crippen LogP contribution in [0.25, 0.3) is 10.9 Å². The number of benzene rings is 1. The quantitative estimate of drug-likeness (QED) is 0.870. The van der Waals surface area contributed by atoms with Gasteiger partial charge in [0.05, 0.1) is 12.6 Å². The molecule has 126 valence electrons. The maximum Gasteiger partial charge on any atom is 0.225 e. The zero-order chi connectivity index (χ0) is 16.5. The molecule has 0 spiro atoms. The number of fused-ring (bicyclic) bond motifs is 1. The van der Waals surface area contributed by atoms with Crippen LogP contribution in [-0.2, 0) is 4.79 Å². The lowest BCUT2D eigenvalue weighted by atomic mass is 10.2. The van der Waals surface area contributed by atoms with Gasteiger partial charge in [-0.2, -0.15) is 0 Å². The van der Waals surface area contributed by atoms with Crippen molar-refractivity contribution >= 4 is 22.6 Å². The Hall–Kier alpha value is -2.30. The molecule has 1 aliphatic carbocycles. The van der Waals surface area contributed by atoms with Gasteiger partial charge in [-0.15, -0.1) is 0 Å². The van der Waals surface area contributed by atoms with Gasteiger partial charge in [-0.05, 0) is 49.6 Å². The minimum Gasteiger partial charge on any atom is -0.497 e. The van der Waals surface area contributed by atoms with Crippen LogP contribution in [0.4, 0.5) is 5.82 Å². The van der Waals surface area contributed by atoms with Crippen molar-refractivity contribution in [1.82, 2.24) is 9.88 Å². The Morgan fingerprint density at radius 3 is 2.79 bits per heavy atom. The molecule has 4 rings (SSSR count). The van der Waals surface area contributed by atoms with Gasteiger partial charge in [0.1, 0.15) is 11.6 Å². The van der Waals surface area contributed by atoms with E-state index >= 15 is 0 Å². The van der Waals surface area contributed by atoms with Gasteiger partial charge in [0.15, 0.2) is 0 Å². The van der Waals surface area contributed by atoms with E-state index in [1.807, 2.05) is 23.1 Å². The molecule has 0 N–H and O–H groups in total. The molecule has 2 fully saturated rings. The third-order valence-corrected chi connectivity index (χ3v) is 4.94. The van der Waals surface area contributed by atoms with Crippen molar-refractivity contribution in [2.75, 3.05) is 38.2 Å². The second-order valence-corrected chi connectivity index (χ2v) is 6.67. The van der Waals surface area contributed by atoms with Gasteiger partial charge in [0.2, 0.25) is 5.91 Å². The summed E-state index contributed by atoms with van der Waals surface area (Å²) in [6.45, 7) is 3.48. The number of hydrogen-bond acceptors (Lipinski definition) is 4. The molecule has 24 heavy (non-hydrogen) atoms. The summed E-state index contributed by atoms with van der Waals surface area (Å²) in [5.74, 6) is 2.51. The monoisotopic (exact) mass is 325 g/mol. The minimum atomic E-state index is 0.310. The predicted octanol–water partition coefficient (Wildman–Crippen LogP) is 2.69. The number of nitrogens with zero attached hydrogens (tertiary/aromatic N) is 3. The summed E-state index contributed by atoms with van der Waals surface area (Å²) >= 11 is 0. The second-order valence-electron chi connectivity index (χ2n) is 6.67. The molecular weight excluding hydrogens is 302 g/mol. The van der Waals surface area contributed by atoms with Gasteiger partial charge in [-0.3, -0.25) is 4.79 Å². The minimum absolute atomic E-state index is 0.310. The first kappa shape index (κ1) is 15.2. The fourth-order valence-electron chi connectivity index (χ4n) is 3.35. The summed E-state index contributed by atoms with van der Waals surface area (Å²) in [6, 6.07) is 10.1. The van der Waals surface area contributed by atoms with Crippen molar-refractivity contribution in [3.05, 3.63) is 30.3 Å². The van der Waals surface area contributed by atoms with Crippen molar-refractivity contribution in [3.8, 4) is 5.75 Å². The normalized spacial score (nSPS) is 18.5. The number of amides is 1. The Kier molecular flexibility index (Phi) is 4.00. The van der Waals surface area contributed by atoms with E-state index in [0.29, 0.717) is 11.8 Å². The van der Waals surface area contributed by atoms with E-state index in [1.165, 1.54) is 0 Å². The van der Waals surface area contributed by atoms with Crippen LogP contribution in [0.2, 0.25) is 0 Å². The summed E-state index contributed by atoms with van der Waals surface area (Å²) in [6.07, 6.45) is 3.16. The van der Waals surface area contributed by atoms with Crippen molar-refractivity contribution < 1.29 is 9.53 Å². The zero-order valence-corrected chi connectivity index (χ0v) is 14.1. The van der Waals surface area contributed by atoms with Crippen molar-refractivity contribution in [3.63, 3.8) is 0 Å². The maximum absolute atomic E-state index is 12.3. The van der Waals surface area contributed by atoms with Gasteiger partial charge < -0.3 is 14.5 Å². The molecule has 0 bridgehead atoms. The van der Waals surface area contributed by atoms with E-state index in [4.69, 9.17) is 9.72 Å². The van der Waals surface area contributed by atoms with E-state index < -0.39 is 0 Å². The molecule has 0 radical (unpaired) electrons. The number of aromatic nitrogens is 1. The van der Waals surface area contributed by atoms with E-state index in [-0.39, 0.29) is 0 Å². The van der Waals surface area contributed by atoms with Crippen LogP contribution < -0.4 is 9.64 Å². The lowest BCUT2D eigenvalue weighted by molar-refractivity contribution is -0.132. The first-order valence-electron chi connectivity index (χ1n) is 8.73. The van der Waals surface area contributed by atoms with Crippen LogP contribution in [0.15, 0.2) is 30.3 Å². The molecule has 1 saturated heterocycles. The second kappa shape index (κ2) is 6.30. The lowest BCUT2D eigenvalue weighted by Gasteiger charge is -2.23. The molecule has 1 amide bonds. The maximum atomic E-state index is 12.3. The molecule has 2 aliphatic rings. The number of anilines is 1. The molecule has 1 saturated carbocycles. The van der Waals surface area contributed by atoms with Crippen LogP contribution in [0.1, 0.15) is 19.3 Å². The number of carbonyl (C=O) groups excluding carboxylic acids is 1. The van der Waals surface area contributed by atoms with E-state index in [1.54, 1.807) is 7.11 Å². The largest absolute Gasteiger partial charge is 0.497 e. The highest BCUT2D eigenvalue weighted by atomic mass is 16.5. The van der Waals surface area contributed by atoms with Gasteiger partial charge in [0, 0.05) is 37.5 Å². The highest BCUT2D eigenvalue weighted by Gasteiger charge is 2.33. The van der Waals surface area contributed by atoms with E-state index in [9.17, 15) is 4.79 Å². The molecule has 1 aromatic heterocycles. The van der Waals surface area contributed by atoms with Gasteiger partial charge in [-0.1, -0.05) is 0 Å². The van der Waals surface area contributed by atoms with E-state index in [2.05, 4.69) is 17.0 Å². The fourth-order valence-corrected chi connectivity index (χ4v) is 3.35. The SMILES string of the molecule is COc1ccc2nc(N3CCCN(C(=O)C4CC4)CC3)ccc2c1. The molecular formula is C19H23N3O2. The summed E-state index contributed by atoms with van der Waals surface area (Å²) in [4.78, 5) is 21.4. The Labute approximate surface area is 142 Å². The summed E-state index contributed by atoms with van der Waals surface area (Å²) in [7, 11) is 1.68. The first-order valence-corrected chi connectivity index (χ1v) is 8.73. The van der Waals surface area contributed by atoms with Crippen molar-refractivity contribution in [1.29, 1.82) is 0 Å². The Balaban J connectivity index is 1.50. The number of methoxy groups -OCH3 is 1. The van der Waals surface area contributed by atoms with Crippen molar-refractivity contribution in [2.45, 2.75) is 19.3 Å². The molecule has 0 unspecified atom stereocenters. The summed E-state index contributed by atoms with van der Waals surface area (Å²) in [5.41, 5.74) is 0.975. The van der Waals surface area contributed by atoms with Crippen LogP contribution >= 0.6 is 0 Å². The molecule has 2 heterocycles. The smallest absolute Gasteiger partial charge is 0.225 e. The van der Waals surface area contributed by atoms with Crippen LogP contribution in [-0.4, -0.2) is 49.1 Å². The average Bonchev–Trinajstić information content (AvgIpc) is 3.46. The van der Waals surface area contributed by atoms with Gasteiger partial charge in [0.25, 0.3) is 0 Å².